The number of nitrogens with one attached hydrogen (secondary N) is 1. The second-order valence-electron chi connectivity index (χ2n) is 4.32. The van der Waals surface area contributed by atoms with E-state index in [4.69, 9.17) is 0 Å². The van der Waals surface area contributed by atoms with Gasteiger partial charge in [0, 0.05) is 6.04 Å². The van der Waals surface area contributed by atoms with Crippen molar-refractivity contribution in [3.8, 4) is 0 Å². The van der Waals surface area contributed by atoms with Gasteiger partial charge in [0.2, 0.25) is 0 Å². The molecule has 2 rings (SSSR count). The van der Waals surface area contributed by atoms with Gasteiger partial charge in [-0.1, -0.05) is 0 Å². The lowest BCUT2D eigenvalue weighted by Gasteiger charge is -2.09. The van der Waals surface area contributed by atoms with E-state index >= 15 is 0 Å². The Labute approximate surface area is 96.8 Å². The third-order valence-electron chi connectivity index (χ3n) is 2.71. The van der Waals surface area contributed by atoms with Crippen LogP contribution in [0.15, 0.2) is 18.2 Å². The summed E-state index contributed by atoms with van der Waals surface area (Å²) in [5.74, 6) is -0.832. The third kappa shape index (κ3) is 3.70. The van der Waals surface area contributed by atoms with Gasteiger partial charge in [0.25, 0.3) is 0 Å². The van der Waals surface area contributed by atoms with Gasteiger partial charge in [-0.05, 0) is 49.6 Å². The summed E-state index contributed by atoms with van der Waals surface area (Å²) in [4.78, 5) is 0. The first-order valence-electron chi connectivity index (χ1n) is 5.55. The lowest BCUT2D eigenvalue weighted by atomic mass is 10.1. The lowest BCUT2D eigenvalue weighted by molar-refractivity contribution is -0.137. The fraction of sp³-hybridized carbons (Fsp3) is 0.500. The average Bonchev–Trinajstić information content (AvgIpc) is 2.99. The van der Waals surface area contributed by atoms with Crippen molar-refractivity contribution in [2.45, 2.75) is 31.5 Å². The highest BCUT2D eigenvalue weighted by atomic mass is 19.4. The van der Waals surface area contributed by atoms with Gasteiger partial charge in [0.1, 0.15) is 5.82 Å². The predicted octanol–water partition coefficient (Wildman–Crippen LogP) is 3.14. The van der Waals surface area contributed by atoms with Crippen molar-refractivity contribution in [1.82, 2.24) is 5.32 Å². The summed E-state index contributed by atoms with van der Waals surface area (Å²) < 4.78 is 50.3. The van der Waals surface area contributed by atoms with Gasteiger partial charge in [0.15, 0.2) is 0 Å². The van der Waals surface area contributed by atoms with Crippen LogP contribution in [-0.2, 0) is 12.6 Å². The first-order valence-corrected chi connectivity index (χ1v) is 5.55. The molecule has 1 saturated carbocycles. The van der Waals surface area contributed by atoms with Gasteiger partial charge < -0.3 is 5.32 Å². The van der Waals surface area contributed by atoms with Crippen LogP contribution in [0.5, 0.6) is 0 Å². The first kappa shape index (κ1) is 12.4. The van der Waals surface area contributed by atoms with Crippen molar-refractivity contribution < 1.29 is 17.6 Å². The fourth-order valence-corrected chi connectivity index (χ4v) is 1.67. The monoisotopic (exact) mass is 247 g/mol. The first-order chi connectivity index (χ1) is 7.95. The minimum atomic E-state index is -4.49. The maximum atomic E-state index is 13.0. The van der Waals surface area contributed by atoms with Crippen molar-refractivity contribution in [1.29, 1.82) is 0 Å². The van der Waals surface area contributed by atoms with Crippen LogP contribution in [0.3, 0.4) is 0 Å². The van der Waals surface area contributed by atoms with Crippen LogP contribution < -0.4 is 5.32 Å². The molecule has 0 spiro atoms. The molecule has 0 saturated heterocycles. The van der Waals surface area contributed by atoms with Crippen LogP contribution >= 0.6 is 0 Å². The van der Waals surface area contributed by atoms with Crippen molar-refractivity contribution >= 4 is 0 Å². The summed E-state index contributed by atoms with van der Waals surface area (Å²) in [6.45, 7) is 0.589. The normalized spacial score (nSPS) is 16.2. The number of alkyl halides is 3. The van der Waals surface area contributed by atoms with Gasteiger partial charge in [-0.15, -0.1) is 0 Å². The van der Waals surface area contributed by atoms with E-state index in [1.165, 1.54) is 0 Å². The van der Waals surface area contributed by atoms with Crippen LogP contribution in [0, 0.1) is 5.82 Å². The van der Waals surface area contributed by atoms with Crippen LogP contribution in [0.4, 0.5) is 17.6 Å². The number of hydrogen-bond donors (Lipinski definition) is 1. The zero-order valence-electron chi connectivity index (χ0n) is 9.15. The Morgan fingerprint density at radius 1 is 1.18 bits per heavy atom. The molecule has 1 aromatic carbocycles. The van der Waals surface area contributed by atoms with Crippen molar-refractivity contribution in [3.05, 3.63) is 35.1 Å². The highest BCUT2D eigenvalue weighted by molar-refractivity contribution is 5.27. The Morgan fingerprint density at radius 2 is 1.88 bits per heavy atom. The molecule has 94 valence electrons. The van der Waals surface area contributed by atoms with E-state index in [2.05, 4.69) is 5.32 Å². The molecule has 0 heterocycles. The second kappa shape index (κ2) is 4.64. The topological polar surface area (TPSA) is 12.0 Å². The predicted molar refractivity (Wildman–Crippen MR) is 56.1 cm³/mol. The number of rotatable bonds is 4. The van der Waals surface area contributed by atoms with Crippen LogP contribution in [-0.4, -0.2) is 12.6 Å². The quantitative estimate of drug-likeness (QED) is 0.806. The molecule has 1 aliphatic rings. The minimum Gasteiger partial charge on any atom is -0.314 e. The maximum absolute atomic E-state index is 13.0. The van der Waals surface area contributed by atoms with Crippen LogP contribution in [0.25, 0.3) is 0 Å². The SMILES string of the molecule is Fc1cc(CCNC2CC2)cc(C(F)(F)F)c1. The maximum Gasteiger partial charge on any atom is 0.416 e. The molecule has 1 fully saturated rings. The van der Waals surface area contributed by atoms with Crippen LogP contribution in [0.1, 0.15) is 24.0 Å². The molecular formula is C12H13F4N. The standard InChI is InChI=1S/C12H13F4N/c13-10-6-8(3-4-17-11-1-2-11)5-9(7-10)12(14,15)16/h5-7,11,17H,1-4H2. The van der Waals surface area contributed by atoms with Crippen molar-refractivity contribution in [3.63, 3.8) is 0 Å². The molecule has 1 aliphatic carbocycles. The largest absolute Gasteiger partial charge is 0.416 e. The van der Waals surface area contributed by atoms with Gasteiger partial charge in [0.05, 0.1) is 5.56 Å². The van der Waals surface area contributed by atoms with Crippen molar-refractivity contribution in [2.75, 3.05) is 6.54 Å². The molecule has 0 amide bonds. The molecular weight excluding hydrogens is 234 g/mol. The molecule has 0 aliphatic heterocycles. The fourth-order valence-electron chi connectivity index (χ4n) is 1.67. The second-order valence-corrected chi connectivity index (χ2v) is 4.32. The molecule has 1 N–H and O–H groups in total. The van der Waals surface area contributed by atoms with Gasteiger partial charge >= 0.3 is 6.18 Å². The van der Waals surface area contributed by atoms with E-state index in [1.807, 2.05) is 0 Å². The van der Waals surface area contributed by atoms with Crippen LogP contribution in [0.2, 0.25) is 0 Å². The van der Waals surface area contributed by atoms with E-state index in [0.29, 0.717) is 30.6 Å². The number of hydrogen-bond acceptors (Lipinski definition) is 1. The molecule has 0 radical (unpaired) electrons. The molecule has 5 heteroatoms. The lowest BCUT2D eigenvalue weighted by Crippen LogP contribution is -2.19. The van der Waals surface area contributed by atoms with E-state index in [9.17, 15) is 17.6 Å². The molecule has 0 bridgehead atoms. The highest BCUT2D eigenvalue weighted by Gasteiger charge is 2.31. The average molecular weight is 247 g/mol. The summed E-state index contributed by atoms with van der Waals surface area (Å²) in [5, 5.41) is 3.18. The molecule has 0 aromatic heterocycles. The molecule has 1 aromatic rings. The zero-order chi connectivity index (χ0) is 12.5. The van der Waals surface area contributed by atoms with Gasteiger partial charge in [-0.3, -0.25) is 0 Å². The third-order valence-corrected chi connectivity index (χ3v) is 2.71. The Balaban J connectivity index is 2.02. The summed E-state index contributed by atoms with van der Waals surface area (Å²) in [6.07, 6.45) is -1.83. The Morgan fingerprint density at radius 3 is 2.47 bits per heavy atom. The van der Waals surface area contributed by atoms with E-state index in [1.54, 1.807) is 0 Å². The Bertz CT molecular complexity index is 396. The van der Waals surface area contributed by atoms with Crippen molar-refractivity contribution in [2.24, 2.45) is 0 Å². The summed E-state index contributed by atoms with van der Waals surface area (Å²) in [5.41, 5.74) is -0.538. The molecule has 0 atom stereocenters. The smallest absolute Gasteiger partial charge is 0.314 e. The zero-order valence-corrected chi connectivity index (χ0v) is 9.15. The van der Waals surface area contributed by atoms with Gasteiger partial charge in [-0.2, -0.15) is 13.2 Å². The number of halogens is 4. The minimum absolute atomic E-state index is 0.380. The van der Waals surface area contributed by atoms with E-state index < -0.39 is 17.6 Å². The van der Waals surface area contributed by atoms with Gasteiger partial charge in [-0.25, -0.2) is 4.39 Å². The Kier molecular flexibility index (Phi) is 3.38. The molecule has 17 heavy (non-hydrogen) atoms. The Hall–Kier alpha value is -1.10. The summed E-state index contributed by atoms with van der Waals surface area (Å²) >= 11 is 0. The number of benzene rings is 1. The summed E-state index contributed by atoms with van der Waals surface area (Å²) in [6, 6.07) is 3.20. The molecule has 1 nitrogen and oxygen atoms in total. The summed E-state index contributed by atoms with van der Waals surface area (Å²) in [7, 11) is 0. The van der Waals surface area contributed by atoms with E-state index in [-0.39, 0.29) is 0 Å². The highest BCUT2D eigenvalue weighted by Crippen LogP contribution is 2.30. The molecule has 0 unspecified atom stereocenters. The van der Waals surface area contributed by atoms with E-state index in [0.717, 1.165) is 25.0 Å².